The summed E-state index contributed by atoms with van der Waals surface area (Å²) in [5, 5.41) is 12.5. The Kier molecular flexibility index (Phi) is 5.11. The number of likely N-dealkylation sites (tertiary alicyclic amines) is 1. The van der Waals surface area contributed by atoms with Gasteiger partial charge in [0.1, 0.15) is 17.1 Å². The average Bonchev–Trinajstić information content (AvgIpc) is 2.65. The maximum Gasteiger partial charge on any atom is 0.234 e. The number of nitrogens with two attached hydrogens (primary N) is 1. The average molecular weight is 379 g/mol. The number of piperidine rings is 1. The Hall–Kier alpha value is -2.76. The zero-order valence-corrected chi connectivity index (χ0v) is 16.0. The lowest BCUT2D eigenvalue weighted by atomic mass is 9.95. The first kappa shape index (κ1) is 18.6. The second-order valence-corrected chi connectivity index (χ2v) is 7.96. The van der Waals surface area contributed by atoms with Crippen LogP contribution in [0, 0.1) is 17.2 Å². The molecule has 1 aromatic carbocycles. The van der Waals surface area contributed by atoms with Gasteiger partial charge >= 0.3 is 0 Å². The fraction of sp³-hybridized carbons (Fsp3) is 0.500. The van der Waals surface area contributed by atoms with Gasteiger partial charge in [-0.3, -0.25) is 19.7 Å². The molecule has 2 saturated heterocycles. The lowest BCUT2D eigenvalue weighted by Gasteiger charge is -2.40. The fourth-order valence-electron chi connectivity index (χ4n) is 4.26. The molecule has 2 aromatic rings. The van der Waals surface area contributed by atoms with Crippen LogP contribution in [0.5, 0.6) is 0 Å². The minimum absolute atomic E-state index is 0.0513. The largest absolute Gasteiger partial charge is 0.367 e. The smallest absolute Gasteiger partial charge is 0.234 e. The Labute approximate surface area is 164 Å². The van der Waals surface area contributed by atoms with Gasteiger partial charge in [0, 0.05) is 50.7 Å². The van der Waals surface area contributed by atoms with Crippen molar-refractivity contribution in [2.45, 2.75) is 25.4 Å². The van der Waals surface area contributed by atoms with Crippen LogP contribution in [0.1, 0.15) is 18.9 Å². The molecule has 3 N–H and O–H groups in total. The van der Waals surface area contributed by atoms with Crippen molar-refractivity contribution >= 4 is 22.6 Å². The van der Waals surface area contributed by atoms with Crippen LogP contribution in [0.25, 0.3) is 11.0 Å². The van der Waals surface area contributed by atoms with Crippen LogP contribution in [0.3, 0.4) is 0 Å². The van der Waals surface area contributed by atoms with Gasteiger partial charge in [-0.1, -0.05) is 6.92 Å². The van der Waals surface area contributed by atoms with Crippen molar-refractivity contribution in [2.24, 2.45) is 11.7 Å². The Morgan fingerprint density at radius 3 is 2.71 bits per heavy atom. The lowest BCUT2D eigenvalue weighted by Crippen LogP contribution is -2.59. The van der Waals surface area contributed by atoms with Crippen LogP contribution in [-0.4, -0.2) is 65.6 Å². The standard InChI is InChI=1S/C20H25N7O/c1-13-6-16(25-18(28)12-26-9-15(22)10-26)11-27(8-13)17-3-2-14(7-21)19-20(17)24-5-4-23-19/h2-5,13,15-16H,6,8-12,22H2,1H3,(H,25,28)/t13-,16+/m0/s1. The van der Waals surface area contributed by atoms with Gasteiger partial charge in [0.05, 0.1) is 17.8 Å². The zero-order valence-electron chi connectivity index (χ0n) is 16.0. The first-order valence-electron chi connectivity index (χ1n) is 9.69. The number of carbonyl (C=O) groups is 1. The topological polar surface area (TPSA) is 111 Å². The van der Waals surface area contributed by atoms with E-state index in [-0.39, 0.29) is 18.0 Å². The van der Waals surface area contributed by atoms with E-state index in [2.05, 4.69) is 38.1 Å². The molecule has 4 rings (SSSR count). The van der Waals surface area contributed by atoms with E-state index in [1.807, 2.05) is 6.07 Å². The maximum atomic E-state index is 12.4. The molecular weight excluding hydrogens is 354 g/mol. The second-order valence-electron chi connectivity index (χ2n) is 7.96. The van der Waals surface area contributed by atoms with E-state index < -0.39 is 0 Å². The Morgan fingerprint density at radius 2 is 2.00 bits per heavy atom. The Balaban J connectivity index is 1.50. The summed E-state index contributed by atoms with van der Waals surface area (Å²) >= 11 is 0. The molecule has 3 heterocycles. The predicted octanol–water partition coefficient (Wildman–Crippen LogP) is 0.475. The summed E-state index contributed by atoms with van der Waals surface area (Å²) in [7, 11) is 0. The third-order valence-electron chi connectivity index (χ3n) is 5.44. The molecule has 2 fully saturated rings. The summed E-state index contributed by atoms with van der Waals surface area (Å²) < 4.78 is 0. The molecule has 2 aliphatic heterocycles. The minimum Gasteiger partial charge on any atom is -0.367 e. The fourth-order valence-corrected chi connectivity index (χ4v) is 4.26. The van der Waals surface area contributed by atoms with Crippen LogP contribution in [0.15, 0.2) is 24.5 Å². The summed E-state index contributed by atoms with van der Waals surface area (Å²) in [5.74, 6) is 0.481. The van der Waals surface area contributed by atoms with Gasteiger partial charge in [0.15, 0.2) is 0 Å². The van der Waals surface area contributed by atoms with E-state index in [1.54, 1.807) is 18.5 Å². The molecule has 146 valence electrons. The minimum atomic E-state index is 0.0513. The van der Waals surface area contributed by atoms with Crippen molar-refractivity contribution in [1.82, 2.24) is 20.2 Å². The number of fused-ring (bicyclic) bond motifs is 1. The number of benzene rings is 1. The molecule has 0 bridgehead atoms. The van der Waals surface area contributed by atoms with Crippen molar-refractivity contribution in [1.29, 1.82) is 5.26 Å². The van der Waals surface area contributed by atoms with E-state index >= 15 is 0 Å². The van der Waals surface area contributed by atoms with Crippen molar-refractivity contribution in [3.63, 3.8) is 0 Å². The number of nitriles is 1. The number of nitrogens with one attached hydrogen (secondary N) is 1. The molecule has 0 radical (unpaired) electrons. The van der Waals surface area contributed by atoms with Gasteiger partial charge in [0.25, 0.3) is 0 Å². The number of anilines is 1. The first-order chi connectivity index (χ1) is 13.5. The molecule has 2 aliphatic rings. The number of nitrogens with zero attached hydrogens (tertiary/aromatic N) is 5. The molecule has 8 heteroatoms. The quantitative estimate of drug-likeness (QED) is 0.794. The maximum absolute atomic E-state index is 12.4. The third kappa shape index (κ3) is 3.77. The summed E-state index contributed by atoms with van der Waals surface area (Å²) in [6.07, 6.45) is 4.20. The number of amides is 1. The highest BCUT2D eigenvalue weighted by atomic mass is 16.2. The monoisotopic (exact) mass is 379 g/mol. The zero-order chi connectivity index (χ0) is 19.7. The van der Waals surface area contributed by atoms with E-state index in [1.165, 1.54) is 0 Å². The molecule has 0 unspecified atom stereocenters. The number of carbonyl (C=O) groups excluding carboxylic acids is 1. The Morgan fingerprint density at radius 1 is 1.25 bits per heavy atom. The molecular formula is C20H25N7O. The van der Waals surface area contributed by atoms with Gasteiger partial charge in [-0.05, 0) is 24.5 Å². The van der Waals surface area contributed by atoms with Crippen molar-refractivity contribution in [2.75, 3.05) is 37.6 Å². The highest BCUT2D eigenvalue weighted by molar-refractivity contribution is 5.92. The van der Waals surface area contributed by atoms with Crippen molar-refractivity contribution in [3.05, 3.63) is 30.1 Å². The summed E-state index contributed by atoms with van der Waals surface area (Å²) in [6.45, 7) is 5.77. The summed E-state index contributed by atoms with van der Waals surface area (Å²) in [5.41, 5.74) is 8.62. The van der Waals surface area contributed by atoms with E-state index in [4.69, 9.17) is 5.73 Å². The molecule has 2 atom stereocenters. The first-order valence-corrected chi connectivity index (χ1v) is 9.69. The van der Waals surface area contributed by atoms with Gasteiger partial charge in [-0.15, -0.1) is 0 Å². The van der Waals surface area contributed by atoms with Crippen molar-refractivity contribution < 1.29 is 4.79 Å². The van der Waals surface area contributed by atoms with Gasteiger partial charge < -0.3 is 16.0 Å². The molecule has 1 aromatic heterocycles. The number of aromatic nitrogens is 2. The highest BCUT2D eigenvalue weighted by Crippen LogP contribution is 2.30. The molecule has 1 amide bonds. The van der Waals surface area contributed by atoms with Gasteiger partial charge in [-0.2, -0.15) is 5.26 Å². The summed E-state index contributed by atoms with van der Waals surface area (Å²) in [6, 6.07) is 6.20. The van der Waals surface area contributed by atoms with E-state index in [0.717, 1.165) is 37.3 Å². The second kappa shape index (κ2) is 7.70. The lowest BCUT2D eigenvalue weighted by molar-refractivity contribution is -0.124. The summed E-state index contributed by atoms with van der Waals surface area (Å²) in [4.78, 5) is 25.5. The third-order valence-corrected chi connectivity index (χ3v) is 5.44. The molecule has 0 spiro atoms. The highest BCUT2D eigenvalue weighted by Gasteiger charge is 2.29. The molecule has 0 aliphatic carbocycles. The molecule has 0 saturated carbocycles. The molecule has 28 heavy (non-hydrogen) atoms. The van der Waals surface area contributed by atoms with Gasteiger partial charge in [-0.25, -0.2) is 0 Å². The van der Waals surface area contributed by atoms with Crippen LogP contribution in [-0.2, 0) is 4.79 Å². The normalized spacial score (nSPS) is 23.2. The number of hydrogen-bond acceptors (Lipinski definition) is 7. The van der Waals surface area contributed by atoms with E-state index in [9.17, 15) is 10.1 Å². The van der Waals surface area contributed by atoms with E-state index in [0.29, 0.717) is 30.1 Å². The van der Waals surface area contributed by atoms with Gasteiger partial charge in [0.2, 0.25) is 5.91 Å². The van der Waals surface area contributed by atoms with Crippen LogP contribution >= 0.6 is 0 Å². The SMILES string of the molecule is C[C@H]1C[C@@H](NC(=O)CN2CC(N)C2)CN(c2ccc(C#N)c3nccnc23)C1. The predicted molar refractivity (Wildman–Crippen MR) is 107 cm³/mol. The molecule has 8 nitrogen and oxygen atoms in total. The van der Waals surface area contributed by atoms with Crippen LogP contribution in [0.4, 0.5) is 5.69 Å². The number of rotatable bonds is 4. The number of hydrogen-bond donors (Lipinski definition) is 2. The van der Waals surface area contributed by atoms with Crippen molar-refractivity contribution in [3.8, 4) is 6.07 Å². The van der Waals surface area contributed by atoms with Crippen LogP contribution in [0.2, 0.25) is 0 Å². The van der Waals surface area contributed by atoms with Crippen LogP contribution < -0.4 is 16.0 Å². The Bertz CT molecular complexity index is 918.